The van der Waals surface area contributed by atoms with E-state index < -0.39 is 12.1 Å². The quantitative estimate of drug-likeness (QED) is 0.801. The Kier molecular flexibility index (Phi) is 4.97. The highest BCUT2D eigenvalue weighted by molar-refractivity contribution is 5.72. The molecular weight excluding hydrogens is 234 g/mol. The van der Waals surface area contributed by atoms with Gasteiger partial charge in [-0.15, -0.1) is 0 Å². The predicted octanol–water partition coefficient (Wildman–Crippen LogP) is 1.44. The minimum Gasteiger partial charge on any atom is -0.493 e. The normalized spacial score (nSPS) is 13.8. The zero-order valence-electron chi connectivity index (χ0n) is 10.8. The van der Waals surface area contributed by atoms with Crippen LogP contribution in [0.5, 0.6) is 11.5 Å². The third-order valence-corrected chi connectivity index (χ3v) is 2.44. The Hall–Kier alpha value is -1.75. The van der Waals surface area contributed by atoms with Gasteiger partial charge in [-0.05, 0) is 38.0 Å². The molecule has 3 N–H and O–H groups in total. The van der Waals surface area contributed by atoms with Gasteiger partial charge in [0.2, 0.25) is 0 Å². The van der Waals surface area contributed by atoms with Crippen molar-refractivity contribution in [2.24, 2.45) is 5.73 Å². The monoisotopic (exact) mass is 253 g/mol. The number of hydrogen-bond acceptors (Lipinski definition) is 4. The summed E-state index contributed by atoms with van der Waals surface area (Å²) < 4.78 is 10.5. The van der Waals surface area contributed by atoms with E-state index in [4.69, 9.17) is 20.3 Å². The first-order chi connectivity index (χ1) is 8.43. The number of benzene rings is 1. The van der Waals surface area contributed by atoms with E-state index >= 15 is 0 Å². The Morgan fingerprint density at radius 2 is 2.06 bits per heavy atom. The molecule has 0 amide bonds. The van der Waals surface area contributed by atoms with E-state index in [1.54, 1.807) is 12.1 Å². The van der Waals surface area contributed by atoms with E-state index in [1.807, 2.05) is 13.0 Å². The lowest BCUT2D eigenvalue weighted by atomic mass is 10.1. The van der Waals surface area contributed by atoms with E-state index in [0.717, 1.165) is 5.56 Å². The molecule has 0 fully saturated rings. The van der Waals surface area contributed by atoms with Crippen molar-refractivity contribution in [2.75, 3.05) is 7.11 Å². The summed E-state index contributed by atoms with van der Waals surface area (Å²) in [6.07, 6.45) is -0.230. The minimum atomic E-state index is -1.02. The molecule has 0 aromatic heterocycles. The molecule has 0 spiro atoms. The van der Waals surface area contributed by atoms with Gasteiger partial charge in [0.25, 0.3) is 0 Å². The lowest BCUT2D eigenvalue weighted by molar-refractivity contribution is -0.144. The largest absolute Gasteiger partial charge is 0.493 e. The molecule has 2 unspecified atom stereocenters. The number of nitrogens with two attached hydrogens (primary N) is 1. The van der Waals surface area contributed by atoms with E-state index in [0.29, 0.717) is 17.9 Å². The highest BCUT2D eigenvalue weighted by atomic mass is 16.5. The molecule has 0 heterocycles. The van der Waals surface area contributed by atoms with Gasteiger partial charge in [0.1, 0.15) is 0 Å². The second-order valence-corrected chi connectivity index (χ2v) is 4.26. The highest BCUT2D eigenvalue weighted by Gasteiger charge is 2.16. The number of rotatable bonds is 6. The minimum absolute atomic E-state index is 0.0307. The number of aliphatic carboxylic acids is 1. The van der Waals surface area contributed by atoms with Crippen LogP contribution in [0.3, 0.4) is 0 Å². The van der Waals surface area contributed by atoms with Gasteiger partial charge >= 0.3 is 5.97 Å². The van der Waals surface area contributed by atoms with Crippen molar-refractivity contribution in [3.63, 3.8) is 0 Å². The van der Waals surface area contributed by atoms with Crippen LogP contribution in [-0.2, 0) is 11.2 Å². The van der Waals surface area contributed by atoms with Gasteiger partial charge in [0, 0.05) is 6.04 Å². The summed E-state index contributed by atoms with van der Waals surface area (Å²) in [6, 6.07) is 5.44. The fourth-order valence-electron chi connectivity index (χ4n) is 1.55. The molecule has 0 bridgehead atoms. The molecule has 0 aliphatic carbocycles. The third kappa shape index (κ3) is 3.92. The molecule has 1 aromatic rings. The highest BCUT2D eigenvalue weighted by Crippen LogP contribution is 2.29. The maximum atomic E-state index is 10.8. The maximum Gasteiger partial charge on any atom is 0.344 e. The topological polar surface area (TPSA) is 81.8 Å². The van der Waals surface area contributed by atoms with Gasteiger partial charge in [-0.25, -0.2) is 4.79 Å². The third-order valence-electron chi connectivity index (χ3n) is 2.44. The van der Waals surface area contributed by atoms with Crippen molar-refractivity contribution in [3.05, 3.63) is 23.8 Å². The van der Waals surface area contributed by atoms with Crippen LogP contribution >= 0.6 is 0 Å². The second-order valence-electron chi connectivity index (χ2n) is 4.26. The summed E-state index contributed by atoms with van der Waals surface area (Å²) in [5.74, 6) is -0.0864. The Morgan fingerprint density at radius 1 is 1.39 bits per heavy atom. The summed E-state index contributed by atoms with van der Waals surface area (Å²) in [6.45, 7) is 3.38. The summed E-state index contributed by atoms with van der Waals surface area (Å²) in [5.41, 5.74) is 6.71. The Morgan fingerprint density at radius 3 is 2.56 bits per heavy atom. The van der Waals surface area contributed by atoms with Crippen LogP contribution in [0.15, 0.2) is 18.2 Å². The van der Waals surface area contributed by atoms with Crippen molar-refractivity contribution < 1.29 is 19.4 Å². The van der Waals surface area contributed by atoms with Crippen LogP contribution in [0.1, 0.15) is 19.4 Å². The average Bonchev–Trinajstić information content (AvgIpc) is 2.28. The van der Waals surface area contributed by atoms with E-state index in [1.165, 1.54) is 14.0 Å². The molecule has 0 saturated heterocycles. The molecule has 0 radical (unpaired) electrons. The van der Waals surface area contributed by atoms with E-state index in [-0.39, 0.29) is 6.04 Å². The molecule has 5 heteroatoms. The molecule has 100 valence electrons. The van der Waals surface area contributed by atoms with Crippen molar-refractivity contribution in [2.45, 2.75) is 32.4 Å². The molecule has 18 heavy (non-hydrogen) atoms. The lowest BCUT2D eigenvalue weighted by Crippen LogP contribution is -2.23. The first-order valence-corrected chi connectivity index (χ1v) is 5.76. The maximum absolute atomic E-state index is 10.8. The SMILES string of the molecule is COc1ccc(CC(C)N)cc1OC(C)C(=O)O. The molecule has 1 aromatic carbocycles. The molecule has 0 aliphatic rings. The second kappa shape index (κ2) is 6.26. The van der Waals surface area contributed by atoms with Crippen LogP contribution < -0.4 is 15.2 Å². The van der Waals surface area contributed by atoms with Gasteiger partial charge in [-0.1, -0.05) is 6.07 Å². The summed E-state index contributed by atoms with van der Waals surface area (Å²) in [4.78, 5) is 10.8. The van der Waals surface area contributed by atoms with Crippen LogP contribution in [-0.4, -0.2) is 30.3 Å². The first-order valence-electron chi connectivity index (χ1n) is 5.76. The Bertz CT molecular complexity index is 417. The van der Waals surface area contributed by atoms with Gasteiger partial charge in [0.15, 0.2) is 17.6 Å². The average molecular weight is 253 g/mol. The van der Waals surface area contributed by atoms with Crippen LogP contribution in [0.2, 0.25) is 0 Å². The van der Waals surface area contributed by atoms with E-state index in [9.17, 15) is 4.79 Å². The zero-order valence-corrected chi connectivity index (χ0v) is 10.8. The van der Waals surface area contributed by atoms with Gasteiger partial charge in [-0.3, -0.25) is 0 Å². The Labute approximate surface area is 107 Å². The molecule has 0 saturated carbocycles. The number of methoxy groups -OCH3 is 1. The number of hydrogen-bond donors (Lipinski definition) is 2. The van der Waals surface area contributed by atoms with Crippen molar-refractivity contribution in [3.8, 4) is 11.5 Å². The molecule has 1 rings (SSSR count). The number of carbonyl (C=O) groups is 1. The van der Waals surface area contributed by atoms with Gasteiger partial charge in [-0.2, -0.15) is 0 Å². The van der Waals surface area contributed by atoms with Crippen molar-refractivity contribution >= 4 is 5.97 Å². The molecule has 2 atom stereocenters. The van der Waals surface area contributed by atoms with Crippen LogP contribution in [0.4, 0.5) is 0 Å². The zero-order chi connectivity index (χ0) is 13.7. The fraction of sp³-hybridized carbons (Fsp3) is 0.462. The lowest BCUT2D eigenvalue weighted by Gasteiger charge is -2.15. The van der Waals surface area contributed by atoms with Crippen LogP contribution in [0, 0.1) is 0 Å². The fourth-order valence-corrected chi connectivity index (χ4v) is 1.55. The molecule has 0 aliphatic heterocycles. The smallest absolute Gasteiger partial charge is 0.344 e. The number of carboxylic acid groups (broad SMARTS) is 1. The van der Waals surface area contributed by atoms with Crippen LogP contribution in [0.25, 0.3) is 0 Å². The van der Waals surface area contributed by atoms with Crippen molar-refractivity contribution in [1.29, 1.82) is 0 Å². The standard InChI is InChI=1S/C13H19NO4/c1-8(14)6-10-4-5-11(17-3)12(7-10)18-9(2)13(15)16/h4-5,7-9H,6,14H2,1-3H3,(H,15,16). The molecular formula is C13H19NO4. The first kappa shape index (κ1) is 14.3. The molecule has 5 nitrogen and oxygen atoms in total. The van der Waals surface area contributed by atoms with Crippen molar-refractivity contribution in [1.82, 2.24) is 0 Å². The Balaban J connectivity index is 2.94. The summed E-state index contributed by atoms with van der Waals surface area (Å²) in [5, 5.41) is 8.84. The predicted molar refractivity (Wildman–Crippen MR) is 68.1 cm³/mol. The van der Waals surface area contributed by atoms with Gasteiger partial charge < -0.3 is 20.3 Å². The summed E-state index contributed by atoms with van der Waals surface area (Å²) in [7, 11) is 1.51. The van der Waals surface area contributed by atoms with E-state index in [2.05, 4.69) is 0 Å². The van der Waals surface area contributed by atoms with Gasteiger partial charge in [0.05, 0.1) is 7.11 Å². The number of ether oxygens (including phenoxy) is 2. The number of carboxylic acids is 1. The summed E-state index contributed by atoms with van der Waals surface area (Å²) >= 11 is 0.